The van der Waals surface area contributed by atoms with Gasteiger partial charge in [0, 0.05) is 0 Å². The molecule has 0 radical (unpaired) electrons. The molecule has 0 spiro atoms. The van der Waals surface area contributed by atoms with Gasteiger partial charge in [-0.05, 0) is 24.3 Å². The molecule has 160 valence electrons. The van der Waals surface area contributed by atoms with Crippen molar-refractivity contribution in [3.8, 4) is 0 Å². The minimum absolute atomic E-state index is 0.185. The van der Waals surface area contributed by atoms with Gasteiger partial charge in [0.1, 0.15) is 0 Å². The highest BCUT2D eigenvalue weighted by Gasteiger charge is 2.47. The number of aliphatic hydroxyl groups is 1. The highest BCUT2D eigenvalue weighted by atomic mass is 32.2. The number of esters is 2. The van der Waals surface area contributed by atoms with Gasteiger partial charge in [0.25, 0.3) is 10.1 Å². The van der Waals surface area contributed by atoms with Crippen molar-refractivity contribution in [3.05, 3.63) is 71.8 Å². The molecule has 0 bridgehead atoms. The van der Waals surface area contributed by atoms with Crippen LogP contribution in [0.3, 0.4) is 0 Å². The Bertz CT molecular complexity index is 976. The van der Waals surface area contributed by atoms with Crippen molar-refractivity contribution in [2.45, 2.75) is 24.6 Å². The van der Waals surface area contributed by atoms with Crippen molar-refractivity contribution in [1.82, 2.24) is 0 Å². The summed E-state index contributed by atoms with van der Waals surface area (Å²) in [5, 5.41) is 10.1. The van der Waals surface area contributed by atoms with Crippen LogP contribution in [0.25, 0.3) is 0 Å². The third-order valence-corrected chi connectivity index (χ3v) is 4.78. The maximum absolute atomic E-state index is 12.5. The molecule has 2 aromatic carbocycles. The molecule has 1 aliphatic rings. The lowest BCUT2D eigenvalue weighted by atomic mass is 10.0. The van der Waals surface area contributed by atoms with E-state index >= 15 is 0 Å². The summed E-state index contributed by atoms with van der Waals surface area (Å²) in [7, 11) is -4.07. The largest absolute Gasteiger partial charge is 0.452 e. The number of aliphatic hydroxyl groups excluding tert-OH is 1. The summed E-state index contributed by atoms with van der Waals surface area (Å²) in [6, 6.07) is 16.0. The van der Waals surface area contributed by atoms with Crippen LogP contribution in [0.2, 0.25) is 0 Å². The fourth-order valence-electron chi connectivity index (χ4n) is 2.85. The van der Waals surface area contributed by atoms with Crippen LogP contribution in [-0.2, 0) is 28.5 Å². The molecule has 1 fully saturated rings. The molecule has 0 amide bonds. The summed E-state index contributed by atoms with van der Waals surface area (Å²) in [5.41, 5.74) is 0.419. The van der Waals surface area contributed by atoms with Crippen molar-refractivity contribution in [1.29, 1.82) is 0 Å². The molecule has 3 rings (SSSR count). The number of hydrogen-bond acceptors (Lipinski definition) is 9. The van der Waals surface area contributed by atoms with E-state index in [9.17, 15) is 23.1 Å². The van der Waals surface area contributed by atoms with Gasteiger partial charge < -0.3 is 19.3 Å². The number of benzene rings is 2. The second-order valence-electron chi connectivity index (χ2n) is 6.53. The lowest BCUT2D eigenvalue weighted by Crippen LogP contribution is -2.57. The van der Waals surface area contributed by atoms with E-state index in [1.165, 1.54) is 24.3 Å². The minimum Gasteiger partial charge on any atom is -0.452 e. The molecule has 9 nitrogen and oxygen atoms in total. The first kappa shape index (κ1) is 21.9. The van der Waals surface area contributed by atoms with E-state index in [2.05, 4.69) is 0 Å². The average Bonchev–Trinajstić information content (AvgIpc) is 2.73. The van der Waals surface area contributed by atoms with E-state index in [4.69, 9.17) is 18.4 Å². The number of carbonyl (C=O) groups is 2. The third-order valence-electron chi connectivity index (χ3n) is 4.21. The lowest BCUT2D eigenvalue weighted by molar-refractivity contribution is -0.243. The first-order chi connectivity index (χ1) is 14.2. The van der Waals surface area contributed by atoms with E-state index in [0.717, 1.165) is 6.26 Å². The lowest BCUT2D eigenvalue weighted by Gasteiger charge is -2.38. The van der Waals surface area contributed by atoms with Gasteiger partial charge in [-0.3, -0.25) is 4.18 Å². The van der Waals surface area contributed by atoms with Crippen LogP contribution in [0.5, 0.6) is 0 Å². The summed E-state index contributed by atoms with van der Waals surface area (Å²) in [5.74, 6) is -1.54. The normalized spacial score (nSPS) is 24.1. The average molecular weight is 436 g/mol. The van der Waals surface area contributed by atoms with Gasteiger partial charge in [-0.15, -0.1) is 0 Å². The maximum Gasteiger partial charge on any atom is 0.338 e. The first-order valence-corrected chi connectivity index (χ1v) is 10.8. The zero-order valence-corrected chi connectivity index (χ0v) is 16.7. The van der Waals surface area contributed by atoms with Gasteiger partial charge in [0.2, 0.25) is 0 Å². The summed E-state index contributed by atoms with van der Waals surface area (Å²) >= 11 is 0. The van der Waals surface area contributed by atoms with Gasteiger partial charge in [0.05, 0.1) is 24.0 Å². The van der Waals surface area contributed by atoms with E-state index in [-0.39, 0.29) is 17.7 Å². The number of hydrogen-bond donors (Lipinski definition) is 1. The van der Waals surface area contributed by atoms with Crippen LogP contribution < -0.4 is 0 Å². The number of rotatable bonds is 6. The van der Waals surface area contributed by atoms with Gasteiger partial charge in [-0.1, -0.05) is 36.4 Å². The Balaban J connectivity index is 1.86. The Morgan fingerprint density at radius 1 is 0.900 bits per heavy atom. The standard InChI is InChI=1S/C20H20O9S/c1-30(24,25)29-17-16(28-19(22)14-10-6-3-7-11-14)15(12-26-20(17)23)27-18(21)13-8-4-2-5-9-13/h2-11,15-17,20,23H,12H2,1H3/t15-,16-,17+,20-/m1/s1. The van der Waals surface area contributed by atoms with Gasteiger partial charge >= 0.3 is 11.9 Å². The topological polar surface area (TPSA) is 125 Å². The fraction of sp³-hybridized carbons (Fsp3) is 0.300. The van der Waals surface area contributed by atoms with E-state index in [1.807, 2.05) is 0 Å². The predicted octanol–water partition coefficient (Wildman–Crippen LogP) is 1.13. The van der Waals surface area contributed by atoms with Crippen LogP contribution in [0.4, 0.5) is 0 Å². The molecular formula is C20H20O9S. The summed E-state index contributed by atoms with van der Waals surface area (Å²) in [6.45, 7) is -0.337. The highest BCUT2D eigenvalue weighted by molar-refractivity contribution is 7.86. The van der Waals surface area contributed by atoms with Gasteiger partial charge in [-0.2, -0.15) is 8.42 Å². The molecular weight excluding hydrogens is 416 g/mol. The summed E-state index contributed by atoms with van der Waals surface area (Å²) in [4.78, 5) is 25.0. The monoisotopic (exact) mass is 436 g/mol. The first-order valence-electron chi connectivity index (χ1n) is 8.94. The molecule has 0 aromatic heterocycles. The molecule has 0 saturated carbocycles. The molecule has 30 heavy (non-hydrogen) atoms. The molecule has 0 unspecified atom stereocenters. The molecule has 1 aliphatic heterocycles. The van der Waals surface area contributed by atoms with E-state index in [0.29, 0.717) is 0 Å². The number of ether oxygens (including phenoxy) is 3. The Morgan fingerprint density at radius 2 is 1.40 bits per heavy atom. The molecule has 1 heterocycles. The molecule has 4 atom stereocenters. The van der Waals surface area contributed by atoms with Gasteiger partial charge in [0.15, 0.2) is 24.6 Å². The van der Waals surface area contributed by atoms with Crippen molar-refractivity contribution in [2.24, 2.45) is 0 Å². The quantitative estimate of drug-likeness (QED) is 0.524. The van der Waals surface area contributed by atoms with E-state index in [1.54, 1.807) is 36.4 Å². The van der Waals surface area contributed by atoms with E-state index < -0.39 is 46.7 Å². The third kappa shape index (κ3) is 5.63. The zero-order valence-electron chi connectivity index (χ0n) is 15.9. The van der Waals surface area contributed by atoms with Crippen molar-refractivity contribution in [2.75, 3.05) is 12.9 Å². The Kier molecular flexibility index (Phi) is 6.83. The molecule has 10 heteroatoms. The Hall–Kier alpha value is -2.79. The molecule has 0 aliphatic carbocycles. The van der Waals surface area contributed by atoms with Crippen molar-refractivity contribution >= 4 is 22.1 Å². The van der Waals surface area contributed by atoms with Gasteiger partial charge in [-0.25, -0.2) is 9.59 Å². The number of carbonyl (C=O) groups excluding carboxylic acids is 2. The molecule has 2 aromatic rings. The smallest absolute Gasteiger partial charge is 0.338 e. The van der Waals surface area contributed by atoms with Crippen LogP contribution >= 0.6 is 0 Å². The van der Waals surface area contributed by atoms with Crippen molar-refractivity contribution < 1.29 is 41.5 Å². The predicted molar refractivity (Wildman–Crippen MR) is 103 cm³/mol. The Morgan fingerprint density at radius 3 is 1.90 bits per heavy atom. The van der Waals surface area contributed by atoms with Crippen LogP contribution in [0.1, 0.15) is 20.7 Å². The van der Waals surface area contributed by atoms with Crippen molar-refractivity contribution in [3.63, 3.8) is 0 Å². The maximum atomic E-state index is 12.5. The zero-order chi connectivity index (χ0) is 21.7. The SMILES string of the molecule is CS(=O)(=O)O[C@H]1[C@H](OC(=O)c2ccccc2)[C@H](OC(=O)c2ccccc2)CO[C@H]1O. The van der Waals surface area contributed by atoms with Crippen LogP contribution in [0.15, 0.2) is 60.7 Å². The van der Waals surface area contributed by atoms with Crippen LogP contribution in [-0.4, -0.2) is 62.9 Å². The minimum atomic E-state index is -4.07. The highest BCUT2D eigenvalue weighted by Crippen LogP contribution is 2.25. The summed E-state index contributed by atoms with van der Waals surface area (Å²) < 4.78 is 44.1. The molecule has 1 N–H and O–H groups in total. The summed E-state index contributed by atoms with van der Waals surface area (Å²) in [6.07, 6.45) is -5.24. The van der Waals surface area contributed by atoms with Crippen LogP contribution in [0, 0.1) is 0 Å². The molecule has 1 saturated heterocycles. The fourth-order valence-corrected chi connectivity index (χ4v) is 3.46. The second-order valence-corrected chi connectivity index (χ2v) is 8.14. The Labute approximate surface area is 173 Å². The second kappa shape index (κ2) is 9.35.